The summed E-state index contributed by atoms with van der Waals surface area (Å²) in [6.45, 7) is 8.31. The molecule has 0 saturated carbocycles. The summed E-state index contributed by atoms with van der Waals surface area (Å²) in [7, 11) is 1.97. The molecular weight excluding hydrogens is 246 g/mol. The maximum atomic E-state index is 6.06. The number of halogens is 1. The number of rotatable bonds is 6. The van der Waals surface area contributed by atoms with Crippen LogP contribution in [0, 0.1) is 0 Å². The third-order valence-corrected chi connectivity index (χ3v) is 3.06. The van der Waals surface area contributed by atoms with E-state index in [0.29, 0.717) is 0 Å². The number of hydrogen-bond acceptors (Lipinski definition) is 2. The van der Waals surface area contributed by atoms with Crippen LogP contribution in [0.3, 0.4) is 0 Å². The molecule has 0 fully saturated rings. The predicted molar refractivity (Wildman–Crippen MR) is 78.8 cm³/mol. The normalized spacial score (nSPS) is 11.6. The van der Waals surface area contributed by atoms with Crippen LogP contribution in [0.1, 0.15) is 39.2 Å². The van der Waals surface area contributed by atoms with Crippen LogP contribution in [0.5, 0.6) is 5.75 Å². The minimum atomic E-state index is 0.0468. The fraction of sp³-hybridized carbons (Fsp3) is 0.600. The minimum absolute atomic E-state index is 0.0468. The molecule has 0 amide bonds. The van der Waals surface area contributed by atoms with E-state index in [-0.39, 0.29) is 5.41 Å². The quantitative estimate of drug-likeness (QED) is 0.788. The van der Waals surface area contributed by atoms with Gasteiger partial charge in [-0.1, -0.05) is 32.4 Å². The second-order valence-corrected chi connectivity index (χ2v) is 5.99. The molecule has 0 radical (unpaired) electrons. The standard InChI is InChI=1S/C15H24ClNO/c1-15(2,3)13-11-12(16)7-8-14(13)18-10-6-5-9-17-4/h7-8,11,17H,5-6,9-10H2,1-4H3. The number of hydrogen-bond donors (Lipinski definition) is 1. The molecule has 0 aliphatic carbocycles. The average molecular weight is 270 g/mol. The summed E-state index contributed by atoms with van der Waals surface area (Å²) in [6.07, 6.45) is 2.20. The van der Waals surface area contributed by atoms with E-state index in [1.165, 1.54) is 5.56 Å². The first-order valence-corrected chi connectivity index (χ1v) is 6.90. The molecule has 0 atom stereocenters. The van der Waals surface area contributed by atoms with Crippen LogP contribution in [-0.2, 0) is 5.41 Å². The summed E-state index contributed by atoms with van der Waals surface area (Å²) in [4.78, 5) is 0. The largest absolute Gasteiger partial charge is 0.493 e. The zero-order valence-electron chi connectivity index (χ0n) is 11.8. The van der Waals surface area contributed by atoms with Crippen LogP contribution in [0.2, 0.25) is 5.02 Å². The Morgan fingerprint density at radius 3 is 2.56 bits per heavy atom. The van der Waals surface area contributed by atoms with Crippen molar-refractivity contribution in [1.29, 1.82) is 0 Å². The Bertz CT molecular complexity index is 371. The van der Waals surface area contributed by atoms with E-state index in [1.807, 2.05) is 25.2 Å². The molecule has 1 rings (SSSR count). The topological polar surface area (TPSA) is 21.3 Å². The Labute approximate surface area is 116 Å². The van der Waals surface area contributed by atoms with Gasteiger partial charge in [-0.05, 0) is 50.0 Å². The first kappa shape index (κ1) is 15.3. The van der Waals surface area contributed by atoms with Crippen LogP contribution in [0.25, 0.3) is 0 Å². The van der Waals surface area contributed by atoms with E-state index in [1.54, 1.807) is 0 Å². The molecule has 0 spiro atoms. The van der Waals surface area contributed by atoms with Crippen molar-refractivity contribution in [3.8, 4) is 5.75 Å². The van der Waals surface area contributed by atoms with Gasteiger partial charge in [0.1, 0.15) is 5.75 Å². The van der Waals surface area contributed by atoms with Crippen molar-refractivity contribution in [2.75, 3.05) is 20.2 Å². The van der Waals surface area contributed by atoms with E-state index in [2.05, 4.69) is 26.1 Å². The minimum Gasteiger partial charge on any atom is -0.493 e. The molecule has 18 heavy (non-hydrogen) atoms. The first-order chi connectivity index (χ1) is 8.45. The SMILES string of the molecule is CNCCCCOc1ccc(Cl)cc1C(C)(C)C. The Hall–Kier alpha value is -0.730. The third kappa shape index (κ3) is 4.87. The summed E-state index contributed by atoms with van der Waals surface area (Å²) in [6, 6.07) is 5.87. The maximum absolute atomic E-state index is 6.06. The van der Waals surface area contributed by atoms with Gasteiger partial charge >= 0.3 is 0 Å². The molecule has 1 aromatic rings. The van der Waals surface area contributed by atoms with Crippen molar-refractivity contribution in [2.24, 2.45) is 0 Å². The number of unbranched alkanes of at least 4 members (excludes halogenated alkanes) is 1. The first-order valence-electron chi connectivity index (χ1n) is 6.52. The van der Waals surface area contributed by atoms with E-state index < -0.39 is 0 Å². The Balaban J connectivity index is 2.65. The van der Waals surface area contributed by atoms with Crippen LogP contribution < -0.4 is 10.1 Å². The van der Waals surface area contributed by atoms with Gasteiger partial charge in [0, 0.05) is 10.6 Å². The van der Waals surface area contributed by atoms with Gasteiger partial charge in [-0.25, -0.2) is 0 Å². The van der Waals surface area contributed by atoms with Gasteiger partial charge in [0.25, 0.3) is 0 Å². The van der Waals surface area contributed by atoms with E-state index in [0.717, 1.165) is 36.8 Å². The molecule has 102 valence electrons. The van der Waals surface area contributed by atoms with E-state index in [9.17, 15) is 0 Å². The summed E-state index contributed by atoms with van der Waals surface area (Å²) in [5, 5.41) is 3.90. The highest BCUT2D eigenvalue weighted by molar-refractivity contribution is 6.30. The number of nitrogens with one attached hydrogen (secondary N) is 1. The van der Waals surface area contributed by atoms with Crippen molar-refractivity contribution in [3.05, 3.63) is 28.8 Å². The lowest BCUT2D eigenvalue weighted by Gasteiger charge is -2.23. The second-order valence-electron chi connectivity index (χ2n) is 5.55. The smallest absolute Gasteiger partial charge is 0.123 e. The van der Waals surface area contributed by atoms with Crippen LogP contribution in [0.4, 0.5) is 0 Å². The molecule has 0 unspecified atom stereocenters. The predicted octanol–water partition coefficient (Wildman–Crippen LogP) is 4.02. The van der Waals surface area contributed by atoms with Crippen molar-refractivity contribution < 1.29 is 4.74 Å². The Morgan fingerprint density at radius 2 is 1.94 bits per heavy atom. The van der Waals surface area contributed by atoms with Crippen LogP contribution in [-0.4, -0.2) is 20.2 Å². The molecule has 0 heterocycles. The molecule has 0 aromatic heterocycles. The van der Waals surface area contributed by atoms with E-state index >= 15 is 0 Å². The fourth-order valence-electron chi connectivity index (χ4n) is 1.80. The van der Waals surface area contributed by atoms with Crippen LogP contribution in [0.15, 0.2) is 18.2 Å². The van der Waals surface area contributed by atoms with Gasteiger partial charge in [0.05, 0.1) is 6.61 Å². The summed E-state index contributed by atoms with van der Waals surface area (Å²) in [5.74, 6) is 0.955. The highest BCUT2D eigenvalue weighted by Gasteiger charge is 2.19. The molecular formula is C15H24ClNO. The summed E-state index contributed by atoms with van der Waals surface area (Å²) < 4.78 is 5.88. The highest BCUT2D eigenvalue weighted by atomic mass is 35.5. The Kier molecular flexibility index (Phi) is 5.97. The van der Waals surface area contributed by atoms with Gasteiger partial charge in [-0.15, -0.1) is 0 Å². The molecule has 1 aromatic carbocycles. The van der Waals surface area contributed by atoms with Gasteiger partial charge in [0.2, 0.25) is 0 Å². The Morgan fingerprint density at radius 1 is 1.22 bits per heavy atom. The van der Waals surface area contributed by atoms with Gasteiger partial charge in [0.15, 0.2) is 0 Å². The van der Waals surface area contributed by atoms with Crippen molar-refractivity contribution in [3.63, 3.8) is 0 Å². The lowest BCUT2D eigenvalue weighted by atomic mass is 9.86. The van der Waals surface area contributed by atoms with Crippen molar-refractivity contribution in [2.45, 2.75) is 39.0 Å². The maximum Gasteiger partial charge on any atom is 0.123 e. The summed E-state index contributed by atoms with van der Waals surface area (Å²) in [5.41, 5.74) is 1.22. The fourth-order valence-corrected chi connectivity index (χ4v) is 1.97. The zero-order chi connectivity index (χ0) is 13.6. The molecule has 0 saturated heterocycles. The average Bonchev–Trinajstić information content (AvgIpc) is 2.29. The van der Waals surface area contributed by atoms with E-state index in [4.69, 9.17) is 16.3 Å². The van der Waals surface area contributed by atoms with Gasteiger partial charge in [-0.3, -0.25) is 0 Å². The number of ether oxygens (including phenoxy) is 1. The molecule has 2 nitrogen and oxygen atoms in total. The molecule has 3 heteroatoms. The lowest BCUT2D eigenvalue weighted by molar-refractivity contribution is 0.298. The second kappa shape index (κ2) is 7.01. The van der Waals surface area contributed by atoms with Crippen molar-refractivity contribution in [1.82, 2.24) is 5.32 Å². The van der Waals surface area contributed by atoms with Gasteiger partial charge < -0.3 is 10.1 Å². The van der Waals surface area contributed by atoms with Gasteiger partial charge in [-0.2, -0.15) is 0 Å². The van der Waals surface area contributed by atoms with Crippen molar-refractivity contribution >= 4 is 11.6 Å². The zero-order valence-corrected chi connectivity index (χ0v) is 12.6. The highest BCUT2D eigenvalue weighted by Crippen LogP contribution is 2.33. The number of benzene rings is 1. The van der Waals surface area contributed by atoms with Crippen LogP contribution >= 0.6 is 11.6 Å². The molecule has 0 aliphatic heterocycles. The lowest BCUT2D eigenvalue weighted by Crippen LogP contribution is -2.14. The monoisotopic (exact) mass is 269 g/mol. The molecule has 0 aliphatic rings. The molecule has 0 bridgehead atoms. The molecule has 1 N–H and O–H groups in total. The summed E-state index contributed by atoms with van der Waals surface area (Å²) >= 11 is 6.06. The third-order valence-electron chi connectivity index (χ3n) is 2.83.